The lowest BCUT2D eigenvalue weighted by molar-refractivity contribution is -0.144. The van der Waals surface area contributed by atoms with Crippen LogP contribution in [0.2, 0.25) is 10.0 Å². The van der Waals surface area contributed by atoms with Gasteiger partial charge in [-0.25, -0.2) is 0 Å². The van der Waals surface area contributed by atoms with E-state index < -0.39 is 12.0 Å². The van der Waals surface area contributed by atoms with Crippen LogP contribution in [-0.4, -0.2) is 53.6 Å². The predicted molar refractivity (Wildman–Crippen MR) is 85.1 cm³/mol. The van der Waals surface area contributed by atoms with Crippen LogP contribution in [0.4, 0.5) is 0 Å². The molecule has 0 aromatic heterocycles. The smallest absolute Gasteiger partial charge is 0.325 e. The summed E-state index contributed by atoms with van der Waals surface area (Å²) in [6.45, 7) is 6.52. The molecular formula is C15H20Cl2N2O2. The molecule has 0 bridgehead atoms. The number of aliphatic carboxylic acids is 1. The topological polar surface area (TPSA) is 43.8 Å². The van der Waals surface area contributed by atoms with Crippen molar-refractivity contribution in [2.45, 2.75) is 19.4 Å². The van der Waals surface area contributed by atoms with Crippen LogP contribution in [0.5, 0.6) is 0 Å². The molecule has 1 aromatic carbocycles. The standard InChI is InChI=1S/C15H20Cl2N2O2/c1-2-5-18-6-8-19(9-7-18)14(15(20)21)11-3-4-12(16)13(17)10-11/h3-4,10,14H,2,5-9H2,1H3,(H,20,21). The van der Waals surface area contributed by atoms with Gasteiger partial charge in [-0.3, -0.25) is 9.69 Å². The second kappa shape index (κ2) is 7.45. The van der Waals surface area contributed by atoms with Crippen molar-refractivity contribution in [2.24, 2.45) is 0 Å². The fraction of sp³-hybridized carbons (Fsp3) is 0.533. The zero-order valence-electron chi connectivity index (χ0n) is 12.1. The van der Waals surface area contributed by atoms with E-state index in [0.29, 0.717) is 15.6 Å². The Balaban J connectivity index is 2.13. The van der Waals surface area contributed by atoms with Crippen molar-refractivity contribution in [3.05, 3.63) is 33.8 Å². The Morgan fingerprint density at radius 2 is 1.90 bits per heavy atom. The molecule has 1 saturated heterocycles. The molecule has 0 aliphatic carbocycles. The Labute approximate surface area is 135 Å². The number of hydrogen-bond acceptors (Lipinski definition) is 3. The van der Waals surface area contributed by atoms with Gasteiger partial charge in [-0.15, -0.1) is 0 Å². The molecule has 1 atom stereocenters. The maximum atomic E-state index is 11.7. The second-order valence-electron chi connectivity index (χ2n) is 5.29. The maximum Gasteiger partial charge on any atom is 0.325 e. The molecule has 0 spiro atoms. The lowest BCUT2D eigenvalue weighted by Gasteiger charge is -2.37. The quantitative estimate of drug-likeness (QED) is 0.900. The van der Waals surface area contributed by atoms with Crippen LogP contribution in [0.1, 0.15) is 24.9 Å². The van der Waals surface area contributed by atoms with Gasteiger partial charge >= 0.3 is 5.97 Å². The SMILES string of the molecule is CCCN1CCN(C(C(=O)O)c2ccc(Cl)c(Cl)c2)CC1. The highest BCUT2D eigenvalue weighted by molar-refractivity contribution is 6.42. The van der Waals surface area contributed by atoms with Crippen molar-refractivity contribution in [3.63, 3.8) is 0 Å². The Morgan fingerprint density at radius 1 is 1.24 bits per heavy atom. The molecule has 6 heteroatoms. The summed E-state index contributed by atoms with van der Waals surface area (Å²) < 4.78 is 0. The Kier molecular flexibility index (Phi) is 5.88. The molecule has 1 heterocycles. The van der Waals surface area contributed by atoms with Gasteiger partial charge in [0.05, 0.1) is 10.0 Å². The maximum absolute atomic E-state index is 11.7. The Bertz CT molecular complexity index is 502. The first kappa shape index (κ1) is 16.6. The minimum Gasteiger partial charge on any atom is -0.480 e. The average Bonchev–Trinajstić information content (AvgIpc) is 2.45. The van der Waals surface area contributed by atoms with Gasteiger partial charge in [0.25, 0.3) is 0 Å². The first-order chi connectivity index (χ1) is 10.0. The molecule has 1 aromatic rings. The van der Waals surface area contributed by atoms with E-state index in [4.69, 9.17) is 23.2 Å². The summed E-state index contributed by atoms with van der Waals surface area (Å²) >= 11 is 11.9. The molecule has 1 unspecified atom stereocenters. The lowest BCUT2D eigenvalue weighted by Crippen LogP contribution is -2.49. The number of carboxylic acid groups (broad SMARTS) is 1. The normalized spacial score (nSPS) is 18.6. The van der Waals surface area contributed by atoms with E-state index in [0.717, 1.165) is 39.1 Å². The summed E-state index contributed by atoms with van der Waals surface area (Å²) in [5, 5.41) is 10.4. The summed E-state index contributed by atoms with van der Waals surface area (Å²) in [5.41, 5.74) is 0.681. The Hall–Kier alpha value is -0.810. The number of rotatable bonds is 5. The van der Waals surface area contributed by atoms with Crippen molar-refractivity contribution in [3.8, 4) is 0 Å². The molecule has 0 saturated carbocycles. The molecule has 4 nitrogen and oxygen atoms in total. The molecule has 2 rings (SSSR count). The molecular weight excluding hydrogens is 311 g/mol. The molecule has 1 aliphatic heterocycles. The van der Waals surface area contributed by atoms with E-state index in [1.807, 2.05) is 4.90 Å². The van der Waals surface area contributed by atoms with Crippen molar-refractivity contribution < 1.29 is 9.90 Å². The molecule has 0 radical (unpaired) electrons. The van der Waals surface area contributed by atoms with Crippen LogP contribution in [-0.2, 0) is 4.79 Å². The first-order valence-corrected chi connectivity index (χ1v) is 7.92. The average molecular weight is 331 g/mol. The van der Waals surface area contributed by atoms with E-state index in [1.165, 1.54) is 0 Å². The molecule has 1 N–H and O–H groups in total. The zero-order valence-corrected chi connectivity index (χ0v) is 13.6. The van der Waals surface area contributed by atoms with Crippen LogP contribution >= 0.6 is 23.2 Å². The third-order valence-corrected chi connectivity index (χ3v) is 4.54. The molecule has 1 fully saturated rings. The number of carboxylic acids is 1. The molecule has 0 amide bonds. The zero-order chi connectivity index (χ0) is 15.4. The number of piperazine rings is 1. The van der Waals surface area contributed by atoms with Crippen LogP contribution in [0.3, 0.4) is 0 Å². The highest BCUT2D eigenvalue weighted by Crippen LogP contribution is 2.29. The number of hydrogen-bond donors (Lipinski definition) is 1. The van der Waals surface area contributed by atoms with Gasteiger partial charge in [0, 0.05) is 26.2 Å². The van der Waals surface area contributed by atoms with Gasteiger partial charge in [0.15, 0.2) is 0 Å². The van der Waals surface area contributed by atoms with Gasteiger partial charge in [-0.2, -0.15) is 0 Å². The van der Waals surface area contributed by atoms with Crippen LogP contribution in [0.25, 0.3) is 0 Å². The van der Waals surface area contributed by atoms with Gasteiger partial charge in [0.2, 0.25) is 0 Å². The van der Waals surface area contributed by atoms with Crippen molar-refractivity contribution >= 4 is 29.2 Å². The fourth-order valence-corrected chi connectivity index (χ4v) is 3.06. The van der Waals surface area contributed by atoms with E-state index >= 15 is 0 Å². The summed E-state index contributed by atoms with van der Waals surface area (Å²) in [7, 11) is 0. The minimum atomic E-state index is -0.850. The monoisotopic (exact) mass is 330 g/mol. The highest BCUT2D eigenvalue weighted by atomic mass is 35.5. The van der Waals surface area contributed by atoms with Gasteiger partial charge in [-0.1, -0.05) is 36.2 Å². The third-order valence-electron chi connectivity index (χ3n) is 3.81. The largest absolute Gasteiger partial charge is 0.480 e. The van der Waals surface area contributed by atoms with Crippen LogP contribution in [0.15, 0.2) is 18.2 Å². The summed E-state index contributed by atoms with van der Waals surface area (Å²) in [4.78, 5) is 16.0. The van der Waals surface area contributed by atoms with Crippen molar-refractivity contribution in [1.29, 1.82) is 0 Å². The van der Waals surface area contributed by atoms with Crippen LogP contribution in [0, 0.1) is 0 Å². The summed E-state index contributed by atoms with van der Waals surface area (Å²) in [6, 6.07) is 4.39. The fourth-order valence-electron chi connectivity index (χ4n) is 2.75. The van der Waals surface area contributed by atoms with Gasteiger partial charge < -0.3 is 10.0 Å². The summed E-state index contributed by atoms with van der Waals surface area (Å²) in [5.74, 6) is -0.850. The van der Waals surface area contributed by atoms with Crippen LogP contribution < -0.4 is 0 Å². The Morgan fingerprint density at radius 3 is 2.43 bits per heavy atom. The van der Waals surface area contributed by atoms with E-state index in [1.54, 1.807) is 18.2 Å². The highest BCUT2D eigenvalue weighted by Gasteiger charge is 2.30. The van der Waals surface area contributed by atoms with Gasteiger partial charge in [0.1, 0.15) is 6.04 Å². The number of benzene rings is 1. The van der Waals surface area contributed by atoms with Gasteiger partial charge in [-0.05, 0) is 30.7 Å². The van der Waals surface area contributed by atoms with Crippen molar-refractivity contribution in [2.75, 3.05) is 32.7 Å². The number of carbonyl (C=O) groups is 1. The number of nitrogens with zero attached hydrogens (tertiary/aromatic N) is 2. The van der Waals surface area contributed by atoms with E-state index in [2.05, 4.69) is 11.8 Å². The van der Waals surface area contributed by atoms with E-state index in [-0.39, 0.29) is 0 Å². The number of halogens is 2. The lowest BCUT2D eigenvalue weighted by atomic mass is 10.0. The first-order valence-electron chi connectivity index (χ1n) is 7.17. The van der Waals surface area contributed by atoms with Crippen molar-refractivity contribution in [1.82, 2.24) is 9.80 Å². The van der Waals surface area contributed by atoms with E-state index in [9.17, 15) is 9.90 Å². The predicted octanol–water partition coefficient (Wildman–Crippen LogP) is 3.15. The molecule has 1 aliphatic rings. The minimum absolute atomic E-state index is 0.394. The third kappa shape index (κ3) is 4.10. The molecule has 21 heavy (non-hydrogen) atoms. The summed E-state index contributed by atoms with van der Waals surface area (Å²) in [6.07, 6.45) is 1.12. The molecule has 116 valence electrons. The second-order valence-corrected chi connectivity index (χ2v) is 6.11.